The molecule has 0 saturated heterocycles. The van der Waals surface area contributed by atoms with E-state index < -0.39 is 24.8 Å². The van der Waals surface area contributed by atoms with E-state index in [-0.39, 0.29) is 5.56 Å². The Morgan fingerprint density at radius 3 is 2.65 bits per heavy atom. The smallest absolute Gasteiger partial charge is 0.409 e. The maximum atomic E-state index is 12.9. The van der Waals surface area contributed by atoms with Gasteiger partial charge in [0.05, 0.1) is 0 Å². The largest absolute Gasteiger partial charge is 0.415 e. The summed E-state index contributed by atoms with van der Waals surface area (Å²) < 4.78 is 45.7. The van der Waals surface area contributed by atoms with Crippen molar-refractivity contribution < 1.29 is 27.4 Å². The number of carbonyl (C=O) groups excluding carboxylic acids is 1. The number of amides is 1. The van der Waals surface area contributed by atoms with Gasteiger partial charge in [0.25, 0.3) is 0 Å². The van der Waals surface area contributed by atoms with E-state index in [1.165, 1.54) is 19.2 Å². The maximum absolute atomic E-state index is 12.9. The van der Waals surface area contributed by atoms with Crippen LogP contribution in [0.1, 0.15) is 11.9 Å². The number of alkyl carbamates (subject to hydrolysis) is 1. The van der Waals surface area contributed by atoms with E-state index in [1.54, 1.807) is 0 Å². The van der Waals surface area contributed by atoms with Crippen molar-refractivity contribution in [3.05, 3.63) is 35.6 Å². The van der Waals surface area contributed by atoms with Crippen LogP contribution >= 0.6 is 0 Å². The number of halogens is 3. The first-order valence-electron chi connectivity index (χ1n) is 4.60. The van der Waals surface area contributed by atoms with Crippen LogP contribution in [0.3, 0.4) is 0 Å². The predicted octanol–water partition coefficient (Wildman–Crippen LogP) is 2.42. The summed E-state index contributed by atoms with van der Waals surface area (Å²) in [7, 11) is 1.26. The molecule has 1 aromatic rings. The zero-order chi connectivity index (χ0) is 12.8. The molecule has 0 spiro atoms. The van der Waals surface area contributed by atoms with Crippen LogP contribution in [0.15, 0.2) is 24.3 Å². The lowest BCUT2D eigenvalue weighted by Gasteiger charge is -2.17. The molecule has 0 fully saturated rings. The van der Waals surface area contributed by atoms with E-state index in [2.05, 4.69) is 14.8 Å². The van der Waals surface area contributed by atoms with Gasteiger partial charge in [-0.3, -0.25) is 4.74 Å². The lowest BCUT2D eigenvalue weighted by atomic mass is 10.2. The number of rotatable bonds is 4. The molecule has 1 aromatic carbocycles. The van der Waals surface area contributed by atoms with E-state index in [9.17, 15) is 18.0 Å². The van der Waals surface area contributed by atoms with Gasteiger partial charge in [0, 0.05) is 12.6 Å². The van der Waals surface area contributed by atoms with Crippen LogP contribution in [0, 0.1) is 5.82 Å². The Labute approximate surface area is 95.3 Å². The molecule has 1 rings (SSSR count). The van der Waals surface area contributed by atoms with E-state index in [0.717, 1.165) is 12.1 Å². The fourth-order valence-electron chi connectivity index (χ4n) is 1.08. The average Bonchev–Trinajstić information content (AvgIpc) is 2.27. The van der Waals surface area contributed by atoms with Crippen molar-refractivity contribution in [1.82, 2.24) is 5.32 Å². The zero-order valence-electron chi connectivity index (χ0n) is 8.82. The van der Waals surface area contributed by atoms with Crippen molar-refractivity contribution in [2.45, 2.75) is 12.9 Å². The number of hydrogen-bond acceptors (Lipinski definition) is 3. The molecule has 0 aromatic heterocycles. The molecular weight excluding hydrogens is 239 g/mol. The third-order valence-electron chi connectivity index (χ3n) is 1.77. The third-order valence-corrected chi connectivity index (χ3v) is 1.77. The first kappa shape index (κ1) is 13.3. The second-order valence-corrected chi connectivity index (χ2v) is 2.94. The molecule has 17 heavy (non-hydrogen) atoms. The Bertz CT molecular complexity index is 387. The molecule has 94 valence electrons. The van der Waals surface area contributed by atoms with Gasteiger partial charge < -0.3 is 10.1 Å². The lowest BCUT2D eigenvalue weighted by Crippen LogP contribution is -2.24. The Morgan fingerprint density at radius 2 is 2.12 bits per heavy atom. The number of nitrogens with one attached hydrogen (secondary N) is 1. The summed E-state index contributed by atoms with van der Waals surface area (Å²) in [5.41, 5.74) is -0.0195. The van der Waals surface area contributed by atoms with Crippen molar-refractivity contribution in [3.8, 4) is 0 Å². The van der Waals surface area contributed by atoms with Gasteiger partial charge in [-0.25, -0.2) is 9.18 Å². The van der Waals surface area contributed by atoms with Crippen LogP contribution in [0.4, 0.5) is 18.0 Å². The van der Waals surface area contributed by atoms with Gasteiger partial charge >= 0.3 is 12.7 Å². The van der Waals surface area contributed by atoms with E-state index >= 15 is 0 Å². The topological polar surface area (TPSA) is 47.6 Å². The average molecular weight is 249 g/mol. The predicted molar refractivity (Wildman–Crippen MR) is 51.8 cm³/mol. The summed E-state index contributed by atoms with van der Waals surface area (Å²) in [6.45, 7) is -3.15. The van der Waals surface area contributed by atoms with E-state index in [4.69, 9.17) is 0 Å². The van der Waals surface area contributed by atoms with Gasteiger partial charge in [0.1, 0.15) is 5.82 Å². The summed E-state index contributed by atoms with van der Waals surface area (Å²) in [5, 5.41) is 2.07. The molecule has 0 aliphatic rings. The van der Waals surface area contributed by atoms with Crippen molar-refractivity contribution in [3.63, 3.8) is 0 Å². The molecule has 7 heteroatoms. The monoisotopic (exact) mass is 249 g/mol. The van der Waals surface area contributed by atoms with Gasteiger partial charge in [-0.2, -0.15) is 8.78 Å². The standard InChI is InChI=1S/C10H10F3NO3/c1-14-10(15)17-8(16-9(12)13)6-3-2-4-7(11)5-6/h2-5,8-9H,1H3,(H,14,15). The zero-order valence-corrected chi connectivity index (χ0v) is 8.82. The minimum absolute atomic E-state index is 0.0195. The molecule has 0 heterocycles. The van der Waals surface area contributed by atoms with E-state index in [0.29, 0.717) is 0 Å². The minimum Gasteiger partial charge on any atom is -0.415 e. The van der Waals surface area contributed by atoms with E-state index in [1.807, 2.05) is 0 Å². The Kier molecular flexibility index (Phi) is 4.77. The van der Waals surface area contributed by atoms with Crippen molar-refractivity contribution in [2.24, 2.45) is 0 Å². The second-order valence-electron chi connectivity index (χ2n) is 2.94. The maximum Gasteiger partial charge on any atom is 0.409 e. The minimum atomic E-state index is -3.15. The van der Waals surface area contributed by atoms with Crippen molar-refractivity contribution >= 4 is 6.09 Å². The van der Waals surface area contributed by atoms with Gasteiger partial charge in [-0.05, 0) is 12.1 Å². The lowest BCUT2D eigenvalue weighted by molar-refractivity contribution is -0.230. The molecule has 0 radical (unpaired) electrons. The SMILES string of the molecule is CNC(=O)OC(OC(F)F)c1cccc(F)c1. The van der Waals surface area contributed by atoms with Crippen LogP contribution in [0.5, 0.6) is 0 Å². The van der Waals surface area contributed by atoms with Crippen LogP contribution in [0.25, 0.3) is 0 Å². The fourth-order valence-corrected chi connectivity index (χ4v) is 1.08. The normalized spacial score (nSPS) is 12.3. The summed E-state index contributed by atoms with van der Waals surface area (Å²) in [4.78, 5) is 10.9. The molecular formula is C10H10F3NO3. The number of carbonyl (C=O) groups is 1. The highest BCUT2D eigenvalue weighted by molar-refractivity contribution is 5.66. The summed E-state index contributed by atoms with van der Waals surface area (Å²) in [6, 6.07) is 4.66. The molecule has 0 aliphatic heterocycles. The Morgan fingerprint density at radius 1 is 1.41 bits per heavy atom. The van der Waals surface area contributed by atoms with Crippen molar-refractivity contribution in [2.75, 3.05) is 7.05 Å². The second kappa shape index (κ2) is 6.09. The Hall–Kier alpha value is -1.76. The van der Waals surface area contributed by atoms with Crippen LogP contribution in [-0.2, 0) is 9.47 Å². The molecule has 4 nitrogen and oxygen atoms in total. The number of hydrogen-bond donors (Lipinski definition) is 1. The quantitative estimate of drug-likeness (QED) is 0.833. The number of ether oxygens (including phenoxy) is 2. The first-order chi connectivity index (χ1) is 8.02. The highest BCUT2D eigenvalue weighted by atomic mass is 19.3. The molecule has 1 atom stereocenters. The molecule has 1 N–H and O–H groups in total. The van der Waals surface area contributed by atoms with Gasteiger partial charge in [-0.1, -0.05) is 12.1 Å². The molecule has 0 bridgehead atoms. The van der Waals surface area contributed by atoms with Crippen LogP contribution in [0.2, 0.25) is 0 Å². The van der Waals surface area contributed by atoms with Crippen molar-refractivity contribution in [1.29, 1.82) is 0 Å². The molecule has 1 amide bonds. The molecule has 1 unspecified atom stereocenters. The van der Waals surface area contributed by atoms with Gasteiger partial charge in [-0.15, -0.1) is 0 Å². The highest BCUT2D eigenvalue weighted by Gasteiger charge is 2.21. The summed E-state index contributed by atoms with van der Waals surface area (Å²) >= 11 is 0. The van der Waals surface area contributed by atoms with Crippen LogP contribution in [-0.4, -0.2) is 19.8 Å². The summed E-state index contributed by atoms with van der Waals surface area (Å²) in [5.74, 6) is -0.647. The molecule has 0 saturated carbocycles. The number of alkyl halides is 2. The number of benzene rings is 1. The Balaban J connectivity index is 2.85. The first-order valence-corrected chi connectivity index (χ1v) is 4.60. The fraction of sp³-hybridized carbons (Fsp3) is 0.300. The van der Waals surface area contributed by atoms with Gasteiger partial charge in [0.15, 0.2) is 0 Å². The summed E-state index contributed by atoms with van der Waals surface area (Å²) in [6.07, 6.45) is -2.62. The molecule has 0 aliphatic carbocycles. The van der Waals surface area contributed by atoms with Gasteiger partial charge in [0.2, 0.25) is 6.29 Å². The van der Waals surface area contributed by atoms with Crippen LogP contribution < -0.4 is 5.32 Å². The highest BCUT2D eigenvalue weighted by Crippen LogP contribution is 2.22. The third kappa shape index (κ3) is 4.31.